The summed E-state index contributed by atoms with van der Waals surface area (Å²) in [6.07, 6.45) is 3.01. The second kappa shape index (κ2) is 9.59. The molecule has 0 saturated carbocycles. The maximum Gasteiger partial charge on any atom is 0.251 e. The summed E-state index contributed by atoms with van der Waals surface area (Å²) in [6, 6.07) is 14.6. The van der Waals surface area contributed by atoms with Crippen LogP contribution in [-0.2, 0) is 11.2 Å². The zero-order chi connectivity index (χ0) is 20.8. The Hall–Kier alpha value is -2.82. The number of carbonyl (C=O) groups is 2. The molecule has 29 heavy (non-hydrogen) atoms. The highest BCUT2D eigenvalue weighted by atomic mass is 16.5. The second-order valence-electron chi connectivity index (χ2n) is 7.80. The van der Waals surface area contributed by atoms with Crippen LogP contribution in [0.4, 0.5) is 0 Å². The predicted molar refractivity (Wildman–Crippen MR) is 114 cm³/mol. The summed E-state index contributed by atoms with van der Waals surface area (Å²) < 4.78 is 5.42. The first kappa shape index (κ1) is 20.9. The van der Waals surface area contributed by atoms with Gasteiger partial charge in [0.1, 0.15) is 11.8 Å². The maximum atomic E-state index is 13.0. The Kier molecular flexibility index (Phi) is 6.91. The predicted octanol–water partition coefficient (Wildman–Crippen LogP) is 4.03. The van der Waals surface area contributed by atoms with Crippen molar-refractivity contribution in [2.45, 2.75) is 52.1 Å². The third-order valence-corrected chi connectivity index (χ3v) is 5.35. The van der Waals surface area contributed by atoms with Crippen LogP contribution < -0.4 is 15.4 Å². The van der Waals surface area contributed by atoms with Crippen molar-refractivity contribution >= 4 is 11.8 Å². The van der Waals surface area contributed by atoms with Crippen LogP contribution >= 0.6 is 0 Å². The van der Waals surface area contributed by atoms with Crippen LogP contribution in [0.25, 0.3) is 0 Å². The summed E-state index contributed by atoms with van der Waals surface area (Å²) in [4.78, 5) is 25.7. The molecule has 2 aromatic rings. The topological polar surface area (TPSA) is 67.4 Å². The van der Waals surface area contributed by atoms with Crippen LogP contribution in [0.3, 0.4) is 0 Å². The van der Waals surface area contributed by atoms with Gasteiger partial charge in [0.15, 0.2) is 0 Å². The van der Waals surface area contributed by atoms with E-state index in [1.165, 1.54) is 11.1 Å². The summed E-state index contributed by atoms with van der Waals surface area (Å²) in [7, 11) is 0. The van der Waals surface area contributed by atoms with Crippen molar-refractivity contribution in [2.75, 3.05) is 6.61 Å². The summed E-state index contributed by atoms with van der Waals surface area (Å²) in [6.45, 7) is 6.37. The lowest BCUT2D eigenvalue weighted by molar-refractivity contribution is -0.124. The van der Waals surface area contributed by atoms with Gasteiger partial charge in [-0.2, -0.15) is 0 Å². The van der Waals surface area contributed by atoms with Gasteiger partial charge in [-0.15, -0.1) is 0 Å². The van der Waals surface area contributed by atoms with Gasteiger partial charge in [-0.05, 0) is 67.5 Å². The number of benzene rings is 2. The van der Waals surface area contributed by atoms with Gasteiger partial charge in [0, 0.05) is 5.56 Å². The number of rotatable bonds is 7. The van der Waals surface area contributed by atoms with Crippen molar-refractivity contribution in [3.63, 3.8) is 0 Å². The molecule has 0 unspecified atom stereocenters. The first-order valence-electron chi connectivity index (χ1n) is 10.4. The minimum Gasteiger partial charge on any atom is -0.494 e. The molecule has 154 valence electrons. The van der Waals surface area contributed by atoms with E-state index in [1.54, 1.807) is 24.3 Å². The van der Waals surface area contributed by atoms with E-state index in [0.29, 0.717) is 12.2 Å². The fourth-order valence-electron chi connectivity index (χ4n) is 3.79. The first-order chi connectivity index (χ1) is 14.0. The molecule has 1 aliphatic carbocycles. The Morgan fingerprint density at radius 2 is 1.83 bits per heavy atom. The summed E-state index contributed by atoms with van der Waals surface area (Å²) in [5.41, 5.74) is 2.99. The Morgan fingerprint density at radius 1 is 1.10 bits per heavy atom. The molecule has 0 spiro atoms. The van der Waals surface area contributed by atoms with Gasteiger partial charge in [-0.25, -0.2) is 0 Å². The van der Waals surface area contributed by atoms with Crippen molar-refractivity contribution in [3.05, 3.63) is 65.2 Å². The smallest absolute Gasteiger partial charge is 0.251 e. The van der Waals surface area contributed by atoms with E-state index in [9.17, 15) is 9.59 Å². The molecule has 2 amide bonds. The van der Waals surface area contributed by atoms with Crippen LogP contribution in [0.1, 0.15) is 61.1 Å². The lowest BCUT2D eigenvalue weighted by Gasteiger charge is -2.29. The molecule has 0 radical (unpaired) electrons. The second-order valence-corrected chi connectivity index (χ2v) is 7.80. The van der Waals surface area contributed by atoms with E-state index in [2.05, 4.69) is 22.8 Å². The molecule has 0 aromatic heterocycles. The Morgan fingerprint density at radius 3 is 2.52 bits per heavy atom. The summed E-state index contributed by atoms with van der Waals surface area (Å²) in [5, 5.41) is 6.07. The number of fused-ring (bicyclic) bond motifs is 1. The molecule has 5 nitrogen and oxygen atoms in total. The lowest BCUT2D eigenvalue weighted by Crippen LogP contribution is -2.50. The number of ether oxygens (including phenoxy) is 1. The number of hydrogen-bond acceptors (Lipinski definition) is 3. The van der Waals surface area contributed by atoms with E-state index >= 15 is 0 Å². The lowest BCUT2D eigenvalue weighted by atomic mass is 9.87. The number of nitrogens with one attached hydrogen (secondary N) is 2. The van der Waals surface area contributed by atoms with E-state index < -0.39 is 6.04 Å². The first-order valence-corrected chi connectivity index (χ1v) is 10.4. The highest BCUT2D eigenvalue weighted by Gasteiger charge is 2.28. The Balaban J connectivity index is 1.68. The average molecular weight is 395 g/mol. The molecule has 3 rings (SSSR count). The fraction of sp³-hybridized carbons (Fsp3) is 0.417. The number of amides is 2. The maximum absolute atomic E-state index is 13.0. The molecule has 0 heterocycles. The van der Waals surface area contributed by atoms with E-state index in [4.69, 9.17) is 4.74 Å². The van der Waals surface area contributed by atoms with Gasteiger partial charge >= 0.3 is 0 Å². The van der Waals surface area contributed by atoms with Gasteiger partial charge < -0.3 is 15.4 Å². The number of aryl methyl sites for hydroxylation is 1. The zero-order valence-corrected chi connectivity index (χ0v) is 17.4. The van der Waals surface area contributed by atoms with Gasteiger partial charge in [0.2, 0.25) is 5.91 Å². The van der Waals surface area contributed by atoms with Crippen molar-refractivity contribution in [3.8, 4) is 5.75 Å². The number of hydrogen-bond donors (Lipinski definition) is 2. The molecule has 2 atom stereocenters. The van der Waals surface area contributed by atoms with Gasteiger partial charge in [-0.1, -0.05) is 38.1 Å². The summed E-state index contributed by atoms with van der Waals surface area (Å²) in [5.74, 6) is 0.297. The molecule has 0 bridgehead atoms. The Bertz CT molecular complexity index is 845. The van der Waals surface area contributed by atoms with Crippen LogP contribution in [-0.4, -0.2) is 24.5 Å². The molecular formula is C24H30N2O3. The quantitative estimate of drug-likeness (QED) is 0.745. The third-order valence-electron chi connectivity index (χ3n) is 5.35. The standard InChI is InChI=1S/C24H30N2O3/c1-4-29-19-14-12-18(13-15-19)23(27)26-22(16(2)3)24(28)25-21-11-7-9-17-8-5-6-10-20(17)21/h5-6,8,10,12-16,21-22H,4,7,9,11H2,1-3H3,(H,25,28)(H,26,27)/t21-,22-/m0/s1. The molecule has 2 aromatic carbocycles. The molecule has 2 N–H and O–H groups in total. The normalized spacial score (nSPS) is 16.6. The van der Waals surface area contributed by atoms with Gasteiger partial charge in [0.25, 0.3) is 5.91 Å². The molecule has 1 aliphatic rings. The molecule has 5 heteroatoms. The van der Waals surface area contributed by atoms with Gasteiger partial charge in [-0.3, -0.25) is 9.59 Å². The zero-order valence-electron chi connectivity index (χ0n) is 17.4. The molecule has 0 saturated heterocycles. The highest BCUT2D eigenvalue weighted by Crippen LogP contribution is 2.29. The number of carbonyl (C=O) groups excluding carboxylic acids is 2. The van der Waals surface area contributed by atoms with Crippen molar-refractivity contribution < 1.29 is 14.3 Å². The van der Waals surface area contributed by atoms with Gasteiger partial charge in [0.05, 0.1) is 12.6 Å². The SMILES string of the molecule is CCOc1ccc(C(=O)N[C@H](C(=O)N[C@H]2CCCc3ccccc32)C(C)C)cc1. The van der Waals surface area contributed by atoms with Crippen LogP contribution in [0.15, 0.2) is 48.5 Å². The fourth-order valence-corrected chi connectivity index (χ4v) is 3.79. The third kappa shape index (κ3) is 5.17. The highest BCUT2D eigenvalue weighted by molar-refractivity contribution is 5.97. The van der Waals surface area contributed by atoms with E-state index in [-0.39, 0.29) is 23.8 Å². The van der Waals surface area contributed by atoms with Crippen LogP contribution in [0, 0.1) is 5.92 Å². The summed E-state index contributed by atoms with van der Waals surface area (Å²) >= 11 is 0. The van der Waals surface area contributed by atoms with Crippen LogP contribution in [0.5, 0.6) is 5.75 Å². The van der Waals surface area contributed by atoms with Crippen molar-refractivity contribution in [1.82, 2.24) is 10.6 Å². The monoisotopic (exact) mass is 394 g/mol. The Labute approximate surface area is 172 Å². The molecular weight excluding hydrogens is 364 g/mol. The van der Waals surface area contributed by atoms with Crippen molar-refractivity contribution in [1.29, 1.82) is 0 Å². The van der Waals surface area contributed by atoms with Crippen LogP contribution in [0.2, 0.25) is 0 Å². The van der Waals surface area contributed by atoms with E-state index in [0.717, 1.165) is 25.0 Å². The molecule has 0 fully saturated rings. The minimum absolute atomic E-state index is 0.00363. The average Bonchev–Trinajstić information content (AvgIpc) is 2.72. The minimum atomic E-state index is -0.594. The largest absolute Gasteiger partial charge is 0.494 e. The van der Waals surface area contributed by atoms with E-state index in [1.807, 2.05) is 32.9 Å². The molecule has 0 aliphatic heterocycles. The van der Waals surface area contributed by atoms with Crippen molar-refractivity contribution in [2.24, 2.45) is 5.92 Å².